The average molecular weight is 235 g/mol. The van der Waals surface area contributed by atoms with Crippen molar-refractivity contribution in [1.29, 1.82) is 0 Å². The van der Waals surface area contributed by atoms with Gasteiger partial charge in [-0.25, -0.2) is 0 Å². The molecule has 0 bridgehead atoms. The number of ether oxygens (including phenoxy) is 1. The predicted octanol–water partition coefficient (Wildman–Crippen LogP) is 3.36. The maximum Gasteiger partial charge on any atom is 0.118 e. The molecule has 96 valence electrons. The fraction of sp³-hybridized carbons (Fsp3) is 0.600. The molecule has 0 aliphatic heterocycles. The highest BCUT2D eigenvalue weighted by molar-refractivity contribution is 5.27. The van der Waals surface area contributed by atoms with Crippen LogP contribution in [0.25, 0.3) is 0 Å². The van der Waals surface area contributed by atoms with E-state index in [1.165, 1.54) is 18.5 Å². The Morgan fingerprint density at radius 1 is 1.18 bits per heavy atom. The van der Waals surface area contributed by atoms with Crippen molar-refractivity contribution in [3.63, 3.8) is 0 Å². The van der Waals surface area contributed by atoms with Crippen molar-refractivity contribution in [3.8, 4) is 5.75 Å². The number of methoxy groups -OCH3 is 1. The van der Waals surface area contributed by atoms with Crippen molar-refractivity contribution in [2.45, 2.75) is 39.7 Å². The van der Waals surface area contributed by atoms with Crippen LogP contribution in [0.2, 0.25) is 0 Å². The van der Waals surface area contributed by atoms with Crippen molar-refractivity contribution in [3.05, 3.63) is 29.8 Å². The molecule has 1 aromatic rings. The molecule has 1 aromatic carbocycles. The molecule has 0 saturated carbocycles. The first kappa shape index (κ1) is 14.0. The number of hydrogen-bond acceptors (Lipinski definition) is 2. The van der Waals surface area contributed by atoms with E-state index >= 15 is 0 Å². The third-order valence-corrected chi connectivity index (χ3v) is 3.23. The van der Waals surface area contributed by atoms with E-state index in [4.69, 9.17) is 4.74 Å². The highest BCUT2D eigenvalue weighted by atomic mass is 16.5. The summed E-state index contributed by atoms with van der Waals surface area (Å²) in [5, 5.41) is 0. The van der Waals surface area contributed by atoms with Crippen LogP contribution < -0.4 is 4.74 Å². The van der Waals surface area contributed by atoms with E-state index in [0.29, 0.717) is 6.04 Å². The van der Waals surface area contributed by atoms with Crippen LogP contribution in [-0.4, -0.2) is 31.1 Å². The van der Waals surface area contributed by atoms with Crippen molar-refractivity contribution in [2.75, 3.05) is 20.2 Å². The highest BCUT2D eigenvalue weighted by Gasteiger charge is 2.11. The third kappa shape index (κ3) is 4.39. The topological polar surface area (TPSA) is 12.5 Å². The second-order valence-electron chi connectivity index (χ2n) is 4.53. The molecule has 0 radical (unpaired) electrons. The Kier molecular flexibility index (Phi) is 6.06. The van der Waals surface area contributed by atoms with Gasteiger partial charge in [0.15, 0.2) is 0 Å². The predicted molar refractivity (Wildman–Crippen MR) is 73.7 cm³/mol. The molecule has 0 amide bonds. The van der Waals surface area contributed by atoms with Crippen molar-refractivity contribution >= 4 is 0 Å². The summed E-state index contributed by atoms with van der Waals surface area (Å²) in [5.41, 5.74) is 1.38. The Hall–Kier alpha value is -1.02. The first-order valence-electron chi connectivity index (χ1n) is 6.58. The van der Waals surface area contributed by atoms with Gasteiger partial charge >= 0.3 is 0 Å². The van der Waals surface area contributed by atoms with E-state index in [1.807, 2.05) is 12.1 Å². The Labute approximate surface area is 106 Å². The summed E-state index contributed by atoms with van der Waals surface area (Å²) >= 11 is 0. The van der Waals surface area contributed by atoms with E-state index < -0.39 is 0 Å². The minimum atomic E-state index is 0.605. The standard InChI is InChI=1S/C15H25NO/c1-5-11-16(6-2)13(3)12-14-7-9-15(17-4)10-8-14/h7-10,13H,5-6,11-12H2,1-4H3. The minimum Gasteiger partial charge on any atom is -0.497 e. The minimum absolute atomic E-state index is 0.605. The zero-order valence-corrected chi connectivity index (χ0v) is 11.6. The molecule has 0 fully saturated rings. The van der Waals surface area contributed by atoms with Gasteiger partial charge in [-0.1, -0.05) is 26.0 Å². The zero-order chi connectivity index (χ0) is 12.7. The van der Waals surface area contributed by atoms with Crippen LogP contribution in [0.4, 0.5) is 0 Å². The molecule has 2 nitrogen and oxygen atoms in total. The zero-order valence-electron chi connectivity index (χ0n) is 11.6. The summed E-state index contributed by atoms with van der Waals surface area (Å²) in [4.78, 5) is 2.53. The lowest BCUT2D eigenvalue weighted by Crippen LogP contribution is -2.35. The quantitative estimate of drug-likeness (QED) is 0.718. The van der Waals surface area contributed by atoms with Gasteiger partial charge in [0, 0.05) is 6.04 Å². The van der Waals surface area contributed by atoms with Crippen LogP contribution in [0, 0.1) is 0 Å². The molecule has 0 heterocycles. The Morgan fingerprint density at radius 2 is 1.82 bits per heavy atom. The van der Waals surface area contributed by atoms with Crippen LogP contribution in [-0.2, 0) is 6.42 Å². The Bertz CT molecular complexity index is 307. The second-order valence-corrected chi connectivity index (χ2v) is 4.53. The molecule has 0 aromatic heterocycles. The SMILES string of the molecule is CCCN(CC)C(C)Cc1ccc(OC)cc1. The molecule has 1 atom stereocenters. The number of hydrogen-bond donors (Lipinski definition) is 0. The largest absolute Gasteiger partial charge is 0.497 e. The van der Waals surface area contributed by atoms with E-state index in [1.54, 1.807) is 7.11 Å². The van der Waals surface area contributed by atoms with Crippen LogP contribution in [0.3, 0.4) is 0 Å². The average Bonchev–Trinajstić information content (AvgIpc) is 2.36. The van der Waals surface area contributed by atoms with E-state index in [-0.39, 0.29) is 0 Å². The van der Waals surface area contributed by atoms with Gasteiger partial charge < -0.3 is 9.64 Å². The molecule has 0 N–H and O–H groups in total. The summed E-state index contributed by atoms with van der Waals surface area (Å²) in [6, 6.07) is 9.01. The van der Waals surface area contributed by atoms with E-state index in [0.717, 1.165) is 18.7 Å². The summed E-state index contributed by atoms with van der Waals surface area (Å²) in [6.45, 7) is 9.10. The first-order valence-corrected chi connectivity index (χ1v) is 6.58. The summed E-state index contributed by atoms with van der Waals surface area (Å²) < 4.78 is 5.17. The van der Waals surface area contributed by atoms with Crippen molar-refractivity contribution in [1.82, 2.24) is 4.90 Å². The van der Waals surface area contributed by atoms with Crippen LogP contribution >= 0.6 is 0 Å². The van der Waals surface area contributed by atoms with Gasteiger partial charge in [0.2, 0.25) is 0 Å². The van der Waals surface area contributed by atoms with Gasteiger partial charge in [-0.05, 0) is 50.6 Å². The molecule has 1 unspecified atom stereocenters. The fourth-order valence-electron chi connectivity index (χ4n) is 2.21. The van der Waals surface area contributed by atoms with Gasteiger partial charge in [0.25, 0.3) is 0 Å². The van der Waals surface area contributed by atoms with Gasteiger partial charge in [-0.3, -0.25) is 0 Å². The molecule has 2 heteroatoms. The van der Waals surface area contributed by atoms with Crippen molar-refractivity contribution in [2.24, 2.45) is 0 Å². The molecular weight excluding hydrogens is 210 g/mol. The van der Waals surface area contributed by atoms with Crippen LogP contribution in [0.1, 0.15) is 32.8 Å². The van der Waals surface area contributed by atoms with Crippen LogP contribution in [0.5, 0.6) is 5.75 Å². The van der Waals surface area contributed by atoms with Gasteiger partial charge in [0.1, 0.15) is 5.75 Å². The number of likely N-dealkylation sites (N-methyl/N-ethyl adjacent to an activating group) is 1. The van der Waals surface area contributed by atoms with Gasteiger partial charge in [-0.15, -0.1) is 0 Å². The summed E-state index contributed by atoms with van der Waals surface area (Å²) in [6.07, 6.45) is 2.33. The highest BCUT2D eigenvalue weighted by Crippen LogP contribution is 2.14. The molecule has 17 heavy (non-hydrogen) atoms. The molecule has 0 aliphatic carbocycles. The van der Waals surface area contributed by atoms with E-state index in [9.17, 15) is 0 Å². The normalized spacial score (nSPS) is 12.8. The number of nitrogens with zero attached hydrogens (tertiary/aromatic N) is 1. The third-order valence-electron chi connectivity index (χ3n) is 3.23. The second kappa shape index (κ2) is 7.33. The molecular formula is C15H25NO. The van der Waals surface area contributed by atoms with Crippen LogP contribution in [0.15, 0.2) is 24.3 Å². The van der Waals surface area contributed by atoms with Gasteiger partial charge in [-0.2, -0.15) is 0 Å². The molecule has 0 aliphatic rings. The molecule has 1 rings (SSSR count). The maximum absolute atomic E-state index is 5.17. The Morgan fingerprint density at radius 3 is 2.29 bits per heavy atom. The molecule has 0 saturated heterocycles. The molecule has 0 spiro atoms. The van der Waals surface area contributed by atoms with Gasteiger partial charge in [0.05, 0.1) is 7.11 Å². The maximum atomic E-state index is 5.17. The number of rotatable bonds is 7. The Balaban J connectivity index is 2.56. The summed E-state index contributed by atoms with van der Waals surface area (Å²) in [7, 11) is 1.71. The smallest absolute Gasteiger partial charge is 0.118 e. The van der Waals surface area contributed by atoms with Crippen molar-refractivity contribution < 1.29 is 4.74 Å². The lowest BCUT2D eigenvalue weighted by Gasteiger charge is -2.27. The lowest BCUT2D eigenvalue weighted by atomic mass is 10.1. The number of benzene rings is 1. The lowest BCUT2D eigenvalue weighted by molar-refractivity contribution is 0.219. The summed E-state index contributed by atoms with van der Waals surface area (Å²) in [5.74, 6) is 0.933. The first-order chi connectivity index (χ1) is 8.21. The fourth-order valence-corrected chi connectivity index (χ4v) is 2.21. The van der Waals surface area contributed by atoms with E-state index in [2.05, 4.69) is 37.8 Å². The monoisotopic (exact) mass is 235 g/mol.